The first-order valence-electron chi connectivity index (χ1n) is 7.92. The molecular formula is C17H20ClFN4. The predicted octanol–water partition coefficient (Wildman–Crippen LogP) is 5.10. The molecule has 6 heteroatoms. The molecule has 0 aliphatic heterocycles. The number of aromatic nitrogens is 2. The fourth-order valence-electron chi connectivity index (χ4n) is 2.24. The van der Waals surface area contributed by atoms with Gasteiger partial charge in [-0.25, -0.2) is 9.37 Å². The number of nitrogens with zero attached hydrogens (tertiary/aromatic N) is 2. The number of rotatable bonds is 6. The van der Waals surface area contributed by atoms with Crippen LogP contribution in [-0.4, -0.2) is 16.0 Å². The molecule has 122 valence electrons. The Hall–Kier alpha value is -1.88. The van der Waals surface area contributed by atoms with Gasteiger partial charge in [-0.15, -0.1) is 0 Å². The second kappa shape index (κ2) is 6.71. The van der Waals surface area contributed by atoms with Crippen molar-refractivity contribution in [1.82, 2.24) is 9.97 Å². The van der Waals surface area contributed by atoms with Crippen LogP contribution < -0.4 is 10.6 Å². The van der Waals surface area contributed by atoms with Gasteiger partial charge in [-0.1, -0.05) is 18.5 Å². The molecular weight excluding hydrogens is 315 g/mol. The van der Waals surface area contributed by atoms with Crippen LogP contribution in [0.1, 0.15) is 44.7 Å². The molecule has 1 aliphatic carbocycles. The molecule has 0 unspecified atom stereocenters. The molecule has 1 aromatic carbocycles. The minimum atomic E-state index is -0.364. The van der Waals surface area contributed by atoms with Gasteiger partial charge in [0, 0.05) is 23.0 Å². The van der Waals surface area contributed by atoms with Crippen LogP contribution in [-0.2, 0) is 0 Å². The fourth-order valence-corrected chi connectivity index (χ4v) is 2.41. The van der Waals surface area contributed by atoms with E-state index in [2.05, 4.69) is 34.4 Å². The van der Waals surface area contributed by atoms with E-state index in [4.69, 9.17) is 11.6 Å². The number of nitrogens with one attached hydrogen (secondary N) is 2. The molecule has 1 saturated carbocycles. The Morgan fingerprint density at radius 2 is 2.09 bits per heavy atom. The quantitative estimate of drug-likeness (QED) is 0.771. The first-order chi connectivity index (χ1) is 11.0. The number of anilines is 3. The summed E-state index contributed by atoms with van der Waals surface area (Å²) < 4.78 is 13.9. The van der Waals surface area contributed by atoms with Crippen LogP contribution in [0.5, 0.6) is 0 Å². The van der Waals surface area contributed by atoms with E-state index in [1.807, 2.05) is 6.07 Å². The van der Waals surface area contributed by atoms with Crippen LogP contribution >= 0.6 is 11.6 Å². The number of hydrogen-bond acceptors (Lipinski definition) is 4. The highest BCUT2D eigenvalue weighted by atomic mass is 35.5. The van der Waals surface area contributed by atoms with Gasteiger partial charge < -0.3 is 10.6 Å². The van der Waals surface area contributed by atoms with Crippen LogP contribution in [0.4, 0.5) is 21.8 Å². The second-order valence-corrected chi connectivity index (χ2v) is 6.42. The number of benzene rings is 1. The normalized spacial score (nSPS) is 15.3. The van der Waals surface area contributed by atoms with E-state index < -0.39 is 0 Å². The Kier molecular flexibility index (Phi) is 4.66. The highest BCUT2D eigenvalue weighted by Gasteiger charge is 2.26. The number of hydrogen-bond donors (Lipinski definition) is 2. The molecule has 1 aromatic heterocycles. The molecule has 1 heterocycles. The fraction of sp³-hybridized carbons (Fsp3) is 0.412. The summed E-state index contributed by atoms with van der Waals surface area (Å²) in [6.45, 7) is 4.18. The van der Waals surface area contributed by atoms with Crippen molar-refractivity contribution in [2.75, 3.05) is 10.6 Å². The lowest BCUT2D eigenvalue weighted by molar-refractivity contribution is 0.632. The molecule has 0 bridgehead atoms. The Morgan fingerprint density at radius 3 is 2.78 bits per heavy atom. The third-order valence-corrected chi connectivity index (χ3v) is 4.16. The van der Waals surface area contributed by atoms with Gasteiger partial charge in [0.25, 0.3) is 0 Å². The van der Waals surface area contributed by atoms with Gasteiger partial charge in [-0.05, 0) is 44.4 Å². The molecule has 23 heavy (non-hydrogen) atoms. The lowest BCUT2D eigenvalue weighted by atomic mass is 10.2. The zero-order valence-electron chi connectivity index (χ0n) is 13.2. The molecule has 2 N–H and O–H groups in total. The van der Waals surface area contributed by atoms with Crippen molar-refractivity contribution in [3.8, 4) is 0 Å². The molecule has 0 radical (unpaired) electrons. The highest BCUT2D eigenvalue weighted by Crippen LogP contribution is 2.40. The maximum atomic E-state index is 13.9. The molecule has 3 rings (SSSR count). The second-order valence-electron chi connectivity index (χ2n) is 5.98. The molecule has 1 fully saturated rings. The van der Waals surface area contributed by atoms with E-state index in [0.29, 0.717) is 28.4 Å². The van der Waals surface area contributed by atoms with Crippen molar-refractivity contribution in [3.05, 3.63) is 40.8 Å². The van der Waals surface area contributed by atoms with Gasteiger partial charge >= 0.3 is 0 Å². The minimum Gasteiger partial charge on any atom is -0.352 e. The average molecular weight is 335 g/mol. The molecule has 0 spiro atoms. The van der Waals surface area contributed by atoms with E-state index in [-0.39, 0.29) is 11.9 Å². The van der Waals surface area contributed by atoms with Crippen LogP contribution in [0.3, 0.4) is 0 Å². The van der Waals surface area contributed by atoms with Gasteiger partial charge in [0.05, 0.1) is 11.4 Å². The minimum absolute atomic E-state index is 0.278. The topological polar surface area (TPSA) is 49.8 Å². The summed E-state index contributed by atoms with van der Waals surface area (Å²) in [7, 11) is 0. The zero-order valence-corrected chi connectivity index (χ0v) is 14.0. The van der Waals surface area contributed by atoms with Gasteiger partial charge in [-0.2, -0.15) is 4.98 Å². The lowest BCUT2D eigenvalue weighted by Crippen LogP contribution is -2.16. The Balaban J connectivity index is 1.89. The van der Waals surface area contributed by atoms with Crippen LogP contribution in [0.2, 0.25) is 5.02 Å². The first-order valence-corrected chi connectivity index (χ1v) is 8.30. The molecule has 2 aromatic rings. The van der Waals surface area contributed by atoms with Crippen LogP contribution in [0, 0.1) is 5.82 Å². The van der Waals surface area contributed by atoms with E-state index in [1.165, 1.54) is 12.1 Å². The maximum Gasteiger partial charge on any atom is 0.225 e. The summed E-state index contributed by atoms with van der Waals surface area (Å²) in [6.07, 6.45) is 3.26. The third-order valence-electron chi connectivity index (χ3n) is 3.92. The van der Waals surface area contributed by atoms with Crippen molar-refractivity contribution in [3.63, 3.8) is 0 Å². The van der Waals surface area contributed by atoms with Gasteiger partial charge in [-0.3, -0.25) is 0 Å². The van der Waals surface area contributed by atoms with Crippen molar-refractivity contribution in [1.29, 1.82) is 0 Å². The Labute approximate surface area is 140 Å². The van der Waals surface area contributed by atoms with Crippen LogP contribution in [0.25, 0.3) is 0 Å². The maximum absolute atomic E-state index is 13.9. The summed E-state index contributed by atoms with van der Waals surface area (Å²) in [5, 5.41) is 6.78. The largest absolute Gasteiger partial charge is 0.352 e. The Bertz CT molecular complexity index is 703. The lowest BCUT2D eigenvalue weighted by Gasteiger charge is -2.14. The summed E-state index contributed by atoms with van der Waals surface area (Å²) >= 11 is 5.94. The van der Waals surface area contributed by atoms with Crippen molar-refractivity contribution in [2.24, 2.45) is 0 Å². The summed E-state index contributed by atoms with van der Waals surface area (Å²) in [4.78, 5) is 9.04. The average Bonchev–Trinajstić information content (AvgIpc) is 3.35. The van der Waals surface area contributed by atoms with Gasteiger partial charge in [0.2, 0.25) is 5.95 Å². The van der Waals surface area contributed by atoms with Crippen molar-refractivity contribution in [2.45, 2.75) is 45.1 Å². The molecule has 1 atom stereocenters. The summed E-state index contributed by atoms with van der Waals surface area (Å²) in [5.41, 5.74) is 1.31. The monoisotopic (exact) mass is 334 g/mol. The van der Waals surface area contributed by atoms with E-state index >= 15 is 0 Å². The summed E-state index contributed by atoms with van der Waals surface area (Å²) in [5.74, 6) is 1.28. The number of halogens is 2. The molecule has 4 nitrogen and oxygen atoms in total. The van der Waals surface area contributed by atoms with E-state index in [1.54, 1.807) is 6.07 Å². The predicted molar refractivity (Wildman–Crippen MR) is 92.1 cm³/mol. The standard InChI is InChI=1S/C17H20ClFN4/c1-3-10(2)20-17-22-14(11-4-5-11)9-16(23-17)21-15-8-12(18)6-7-13(15)19/h6-11H,3-5H2,1-2H3,(H2,20,21,22,23)/t10-/m1/s1. The highest BCUT2D eigenvalue weighted by molar-refractivity contribution is 6.30. The molecule has 0 saturated heterocycles. The Morgan fingerprint density at radius 1 is 1.30 bits per heavy atom. The molecule has 1 aliphatic rings. The van der Waals surface area contributed by atoms with Crippen molar-refractivity contribution >= 4 is 29.1 Å². The van der Waals surface area contributed by atoms with E-state index in [0.717, 1.165) is 25.0 Å². The van der Waals surface area contributed by atoms with Crippen molar-refractivity contribution < 1.29 is 4.39 Å². The van der Waals surface area contributed by atoms with E-state index in [9.17, 15) is 4.39 Å². The first kappa shape index (κ1) is 16.0. The SMILES string of the molecule is CC[C@@H](C)Nc1nc(Nc2cc(Cl)ccc2F)cc(C2CC2)n1. The van der Waals surface area contributed by atoms with Gasteiger partial charge in [0.1, 0.15) is 11.6 Å². The summed E-state index contributed by atoms with van der Waals surface area (Å²) in [6, 6.07) is 6.58. The zero-order chi connectivity index (χ0) is 16.4. The smallest absolute Gasteiger partial charge is 0.225 e. The molecule has 0 amide bonds. The van der Waals surface area contributed by atoms with Crippen LogP contribution in [0.15, 0.2) is 24.3 Å². The third kappa shape index (κ3) is 4.10. The van der Waals surface area contributed by atoms with Gasteiger partial charge in [0.15, 0.2) is 0 Å².